The van der Waals surface area contributed by atoms with Crippen LogP contribution >= 0.6 is 0 Å². The SMILES string of the molecule is C=CC(O)OC(OCCCC(F)(F)C(F)(F)S(=O)(=O)O)(C(=O)OC)C(F)(F)F. The van der Waals surface area contributed by atoms with Gasteiger partial charge in [-0.15, -0.1) is 0 Å². The maximum atomic E-state index is 13.3. The van der Waals surface area contributed by atoms with Crippen molar-refractivity contribution in [1.82, 2.24) is 0 Å². The molecule has 2 atom stereocenters. The van der Waals surface area contributed by atoms with Gasteiger partial charge >= 0.3 is 39.2 Å². The minimum Gasteiger partial charge on any atom is -0.465 e. The maximum Gasteiger partial charge on any atom is 0.455 e. The molecule has 8 nitrogen and oxygen atoms in total. The number of esters is 1. The lowest BCUT2D eigenvalue weighted by atomic mass is 10.2. The van der Waals surface area contributed by atoms with Crippen molar-refractivity contribution in [3.8, 4) is 0 Å². The number of methoxy groups -OCH3 is 1. The van der Waals surface area contributed by atoms with Crippen molar-refractivity contribution in [2.45, 2.75) is 42.3 Å². The molecule has 0 radical (unpaired) electrons. The Labute approximate surface area is 153 Å². The molecule has 0 fully saturated rings. The van der Waals surface area contributed by atoms with E-state index in [4.69, 9.17) is 9.66 Å². The average molecular weight is 452 g/mol. The minimum absolute atomic E-state index is 0.396. The second-order valence-electron chi connectivity index (χ2n) is 5.00. The molecule has 0 heterocycles. The molecule has 166 valence electrons. The molecule has 0 saturated heterocycles. The number of ether oxygens (including phenoxy) is 3. The van der Waals surface area contributed by atoms with Crippen molar-refractivity contribution in [3.63, 3.8) is 0 Å². The molecule has 28 heavy (non-hydrogen) atoms. The van der Waals surface area contributed by atoms with Gasteiger partial charge in [0.1, 0.15) is 0 Å². The number of carbonyl (C=O) groups excluding carboxylic acids is 1. The van der Waals surface area contributed by atoms with Crippen molar-refractivity contribution < 1.29 is 67.8 Å². The summed E-state index contributed by atoms with van der Waals surface area (Å²) in [5.74, 6) is -12.0. The Hall–Kier alpha value is -1.49. The van der Waals surface area contributed by atoms with E-state index in [1.165, 1.54) is 0 Å². The van der Waals surface area contributed by atoms with E-state index in [-0.39, 0.29) is 0 Å². The van der Waals surface area contributed by atoms with Crippen LogP contribution in [0.15, 0.2) is 12.7 Å². The molecule has 2 N–H and O–H groups in total. The molecule has 0 aliphatic carbocycles. The molecule has 0 saturated carbocycles. The van der Waals surface area contributed by atoms with Crippen LogP contribution in [-0.2, 0) is 29.1 Å². The quantitative estimate of drug-likeness (QED) is 0.122. The molecule has 0 bridgehead atoms. The third-order valence-corrected chi connectivity index (χ3v) is 3.95. The highest BCUT2D eigenvalue weighted by Crippen LogP contribution is 2.42. The standard InChI is InChI=1S/C12H15F7O8S/c1-3-7(20)27-10(8(21)25-2,11(15,16)17)26-6-4-5-9(13,14)12(18,19)28(22,23)24/h3,7,20H,1,4-6H2,2H3,(H,22,23,24). The zero-order chi connectivity index (χ0) is 22.6. The van der Waals surface area contributed by atoms with Gasteiger partial charge in [-0.25, -0.2) is 4.79 Å². The van der Waals surface area contributed by atoms with Crippen molar-refractivity contribution in [2.75, 3.05) is 13.7 Å². The molecule has 0 aliphatic rings. The Morgan fingerprint density at radius 3 is 2.04 bits per heavy atom. The number of rotatable bonds is 11. The second kappa shape index (κ2) is 8.89. The van der Waals surface area contributed by atoms with E-state index in [0.717, 1.165) is 0 Å². The van der Waals surface area contributed by atoms with Crippen molar-refractivity contribution in [3.05, 3.63) is 12.7 Å². The Morgan fingerprint density at radius 2 is 1.68 bits per heavy atom. The molecule has 0 aromatic heterocycles. The van der Waals surface area contributed by atoms with Crippen LogP contribution in [-0.4, -0.2) is 67.2 Å². The van der Waals surface area contributed by atoms with Crippen LogP contribution in [0.25, 0.3) is 0 Å². The highest BCUT2D eigenvalue weighted by Gasteiger charge is 2.67. The lowest BCUT2D eigenvalue weighted by Crippen LogP contribution is -2.58. The van der Waals surface area contributed by atoms with Crippen LogP contribution in [0.1, 0.15) is 12.8 Å². The lowest BCUT2D eigenvalue weighted by Gasteiger charge is -2.33. The van der Waals surface area contributed by atoms with Crippen molar-refractivity contribution >= 4 is 16.1 Å². The summed E-state index contributed by atoms with van der Waals surface area (Å²) in [5, 5.41) is 3.21. The molecule has 2 unspecified atom stereocenters. The minimum atomic E-state index is -6.53. The second-order valence-corrected chi connectivity index (χ2v) is 6.46. The average Bonchev–Trinajstić information content (AvgIpc) is 2.54. The largest absolute Gasteiger partial charge is 0.465 e. The van der Waals surface area contributed by atoms with Gasteiger partial charge in [-0.3, -0.25) is 4.55 Å². The summed E-state index contributed by atoms with van der Waals surface area (Å²) in [6.07, 6.45) is -11.2. The Morgan fingerprint density at radius 1 is 1.18 bits per heavy atom. The van der Waals surface area contributed by atoms with E-state index in [0.29, 0.717) is 13.2 Å². The number of hydrogen-bond donors (Lipinski definition) is 2. The summed E-state index contributed by atoms with van der Waals surface area (Å²) in [4.78, 5) is 11.5. The highest BCUT2D eigenvalue weighted by atomic mass is 32.2. The first-order chi connectivity index (χ1) is 12.4. The first-order valence-corrected chi connectivity index (χ1v) is 8.34. The van der Waals surface area contributed by atoms with Gasteiger partial charge in [0, 0.05) is 6.42 Å². The van der Waals surface area contributed by atoms with Crippen LogP contribution in [0.4, 0.5) is 30.7 Å². The Kier molecular flexibility index (Phi) is 8.42. The summed E-state index contributed by atoms with van der Waals surface area (Å²) in [5.41, 5.74) is 0. The van der Waals surface area contributed by atoms with E-state index in [1.807, 2.05) is 0 Å². The predicted molar refractivity (Wildman–Crippen MR) is 74.7 cm³/mol. The first-order valence-electron chi connectivity index (χ1n) is 6.90. The van der Waals surface area contributed by atoms with Gasteiger partial charge in [0.2, 0.25) is 0 Å². The zero-order valence-corrected chi connectivity index (χ0v) is 14.7. The molecule has 0 aromatic carbocycles. The zero-order valence-electron chi connectivity index (χ0n) is 13.9. The van der Waals surface area contributed by atoms with Gasteiger partial charge in [0.15, 0.2) is 6.29 Å². The molecule has 0 amide bonds. The monoisotopic (exact) mass is 452 g/mol. The molecule has 0 aliphatic heterocycles. The number of aliphatic hydroxyl groups is 1. The summed E-state index contributed by atoms with van der Waals surface area (Å²) < 4.78 is 133. The normalized spacial score (nSPS) is 16.9. The van der Waals surface area contributed by atoms with E-state index in [9.17, 15) is 43.9 Å². The fourth-order valence-corrected chi connectivity index (χ4v) is 2.08. The van der Waals surface area contributed by atoms with Crippen LogP contribution in [0, 0.1) is 0 Å². The third-order valence-electron chi connectivity index (χ3n) is 3.01. The highest BCUT2D eigenvalue weighted by molar-refractivity contribution is 7.87. The van der Waals surface area contributed by atoms with Crippen LogP contribution in [0.3, 0.4) is 0 Å². The molecule has 0 spiro atoms. The van der Waals surface area contributed by atoms with E-state index in [1.54, 1.807) is 0 Å². The molecular formula is C12H15F7O8S. The number of halogens is 7. The topological polar surface area (TPSA) is 119 Å². The molecular weight excluding hydrogens is 437 g/mol. The number of hydrogen-bond acceptors (Lipinski definition) is 7. The van der Waals surface area contributed by atoms with E-state index < -0.39 is 65.0 Å². The first kappa shape index (κ1) is 26.5. The molecule has 16 heteroatoms. The van der Waals surface area contributed by atoms with Crippen molar-refractivity contribution in [2.24, 2.45) is 0 Å². The number of aliphatic hydroxyl groups excluding tert-OH is 1. The van der Waals surface area contributed by atoms with Crippen LogP contribution in [0.2, 0.25) is 0 Å². The van der Waals surface area contributed by atoms with Crippen LogP contribution in [0.5, 0.6) is 0 Å². The van der Waals surface area contributed by atoms with Gasteiger partial charge in [-0.2, -0.15) is 39.2 Å². The molecule has 0 aromatic rings. The lowest BCUT2D eigenvalue weighted by molar-refractivity contribution is -0.389. The Bertz CT molecular complexity index is 663. The summed E-state index contributed by atoms with van der Waals surface area (Å²) in [6.45, 7) is 1.37. The summed E-state index contributed by atoms with van der Waals surface area (Å²) in [7, 11) is -6.06. The fourth-order valence-electron chi connectivity index (χ4n) is 1.60. The van der Waals surface area contributed by atoms with Gasteiger partial charge < -0.3 is 19.3 Å². The smallest absolute Gasteiger partial charge is 0.455 e. The van der Waals surface area contributed by atoms with E-state index in [2.05, 4.69) is 20.8 Å². The Balaban J connectivity index is 5.46. The van der Waals surface area contributed by atoms with Gasteiger partial charge in [-0.1, -0.05) is 6.58 Å². The number of alkyl halides is 7. The van der Waals surface area contributed by atoms with Crippen molar-refractivity contribution in [1.29, 1.82) is 0 Å². The molecule has 0 rings (SSSR count). The summed E-state index contributed by atoms with van der Waals surface area (Å²) >= 11 is 0. The van der Waals surface area contributed by atoms with E-state index >= 15 is 0 Å². The van der Waals surface area contributed by atoms with Gasteiger partial charge in [-0.05, 0) is 12.5 Å². The summed E-state index contributed by atoms with van der Waals surface area (Å²) in [6, 6.07) is 0. The number of carbonyl (C=O) groups is 1. The third kappa shape index (κ3) is 5.53. The van der Waals surface area contributed by atoms with Gasteiger partial charge in [0.05, 0.1) is 13.7 Å². The van der Waals surface area contributed by atoms with Gasteiger partial charge in [0.25, 0.3) is 0 Å². The predicted octanol–water partition coefficient (Wildman–Crippen LogP) is 1.85. The fraction of sp³-hybridized carbons (Fsp3) is 0.750. The van der Waals surface area contributed by atoms with Crippen LogP contribution < -0.4 is 0 Å². The maximum absolute atomic E-state index is 13.3.